The first-order chi connectivity index (χ1) is 17.5. The monoisotopic (exact) mass is 507 g/mol. The molecule has 1 fully saturated rings. The van der Waals surface area contributed by atoms with Crippen LogP contribution in [-0.4, -0.2) is 46.1 Å². The highest BCUT2D eigenvalue weighted by atomic mass is 32.1. The van der Waals surface area contributed by atoms with E-state index in [0.29, 0.717) is 29.9 Å². The van der Waals surface area contributed by atoms with Gasteiger partial charge in [0.05, 0.1) is 11.6 Å². The van der Waals surface area contributed by atoms with Gasteiger partial charge in [0.2, 0.25) is 11.8 Å². The summed E-state index contributed by atoms with van der Waals surface area (Å²) in [7, 11) is 0. The number of ether oxygens (including phenoxy) is 1. The lowest BCUT2D eigenvalue weighted by Crippen LogP contribution is -2.46. The average Bonchev–Trinajstić information content (AvgIpc) is 3.64. The molecule has 0 bridgehead atoms. The number of nitrogens with zero attached hydrogens (tertiary/aromatic N) is 4. The van der Waals surface area contributed by atoms with Crippen molar-refractivity contribution >= 4 is 39.9 Å². The maximum absolute atomic E-state index is 13.9. The summed E-state index contributed by atoms with van der Waals surface area (Å²) in [6.07, 6.45) is 1.79. The molecule has 0 saturated carbocycles. The van der Waals surface area contributed by atoms with Crippen molar-refractivity contribution in [1.29, 1.82) is 0 Å². The Morgan fingerprint density at radius 3 is 2.75 bits per heavy atom. The number of carbonyl (C=O) groups is 2. The Morgan fingerprint density at radius 2 is 2.03 bits per heavy atom. The third kappa shape index (κ3) is 5.00. The molecule has 1 N–H and O–H groups in total. The van der Waals surface area contributed by atoms with Crippen LogP contribution in [0.25, 0.3) is 11.0 Å². The van der Waals surface area contributed by atoms with E-state index in [1.807, 2.05) is 42.6 Å². The summed E-state index contributed by atoms with van der Waals surface area (Å²) in [6.45, 7) is 2.81. The van der Waals surface area contributed by atoms with E-state index in [9.17, 15) is 14.0 Å². The Labute approximate surface area is 211 Å². The van der Waals surface area contributed by atoms with Crippen LogP contribution in [0.1, 0.15) is 29.3 Å². The number of aromatic nitrogens is 3. The van der Waals surface area contributed by atoms with Crippen molar-refractivity contribution in [3.05, 3.63) is 76.2 Å². The lowest BCUT2D eigenvalue weighted by Gasteiger charge is -2.31. The fraction of sp³-hybridized carbons (Fsp3) is 0.308. The first-order valence-electron chi connectivity index (χ1n) is 11.8. The first kappa shape index (κ1) is 24.1. The molecule has 2 aromatic carbocycles. The number of thiophene rings is 1. The number of benzene rings is 2. The predicted octanol–water partition coefficient (Wildman–Crippen LogP) is 4.01. The number of hydrogen-bond acceptors (Lipinski definition) is 6. The van der Waals surface area contributed by atoms with Crippen LogP contribution in [0, 0.1) is 12.7 Å². The number of anilines is 1. The van der Waals surface area contributed by atoms with E-state index in [2.05, 4.69) is 15.6 Å². The SMILES string of the molecule is Cc1ccsc1[C@@H](C(=O)NC[C@@H]1CCCO1)N(C(=O)Cn1nnc2ccccc21)c1ccc(F)cc1. The molecule has 4 aromatic rings. The lowest BCUT2D eigenvalue weighted by molar-refractivity contribution is -0.127. The Balaban J connectivity index is 1.52. The number of hydrogen-bond donors (Lipinski definition) is 1. The van der Waals surface area contributed by atoms with Gasteiger partial charge in [-0.2, -0.15) is 0 Å². The van der Waals surface area contributed by atoms with Gasteiger partial charge in [0.1, 0.15) is 23.9 Å². The smallest absolute Gasteiger partial charge is 0.249 e. The highest BCUT2D eigenvalue weighted by Gasteiger charge is 2.35. The molecule has 0 spiro atoms. The number of fused-ring (bicyclic) bond motifs is 1. The molecule has 2 aromatic heterocycles. The maximum atomic E-state index is 13.9. The summed E-state index contributed by atoms with van der Waals surface area (Å²) in [5.41, 5.74) is 2.68. The second kappa shape index (κ2) is 10.5. The number of amides is 2. The van der Waals surface area contributed by atoms with Crippen LogP contribution in [-0.2, 0) is 20.9 Å². The molecule has 1 aliphatic heterocycles. The van der Waals surface area contributed by atoms with Crippen molar-refractivity contribution in [3.63, 3.8) is 0 Å². The summed E-state index contributed by atoms with van der Waals surface area (Å²) < 4.78 is 21.0. The van der Waals surface area contributed by atoms with Gasteiger partial charge >= 0.3 is 0 Å². The van der Waals surface area contributed by atoms with Crippen molar-refractivity contribution in [1.82, 2.24) is 20.3 Å². The molecular weight excluding hydrogens is 481 g/mol. The molecule has 1 aliphatic rings. The Morgan fingerprint density at radius 1 is 1.22 bits per heavy atom. The quantitative estimate of drug-likeness (QED) is 0.389. The fourth-order valence-corrected chi connectivity index (χ4v) is 5.43. The summed E-state index contributed by atoms with van der Waals surface area (Å²) in [6, 6.07) is 13.9. The molecule has 3 heterocycles. The second-order valence-electron chi connectivity index (χ2n) is 8.73. The summed E-state index contributed by atoms with van der Waals surface area (Å²) in [5.74, 6) is -1.13. The minimum absolute atomic E-state index is 0.0458. The molecule has 8 nitrogen and oxygen atoms in total. The number of rotatable bonds is 8. The molecule has 5 rings (SSSR count). The zero-order valence-corrected chi connectivity index (χ0v) is 20.6. The topological polar surface area (TPSA) is 89.4 Å². The van der Waals surface area contributed by atoms with Crippen LogP contribution in [0.3, 0.4) is 0 Å². The zero-order chi connectivity index (χ0) is 25.1. The summed E-state index contributed by atoms with van der Waals surface area (Å²) in [4.78, 5) is 29.8. The standard InChI is InChI=1S/C26H26FN5O3S/c1-17-12-14-36-25(17)24(26(34)28-15-20-5-4-13-35-20)32(19-10-8-18(27)9-11-19)23(33)16-31-22-7-3-2-6-21(22)29-30-31/h2-3,6-12,14,20,24H,4-5,13,15-16H2,1H3,(H,28,34)/t20-,24-/m0/s1. The van der Waals surface area contributed by atoms with Crippen molar-refractivity contribution in [3.8, 4) is 0 Å². The lowest BCUT2D eigenvalue weighted by atomic mass is 10.1. The fourth-order valence-electron chi connectivity index (χ4n) is 4.41. The van der Waals surface area contributed by atoms with Gasteiger partial charge in [-0.15, -0.1) is 16.4 Å². The minimum atomic E-state index is -0.945. The van der Waals surface area contributed by atoms with Gasteiger partial charge in [-0.1, -0.05) is 17.3 Å². The molecule has 2 atom stereocenters. The molecular formula is C26H26FN5O3S. The minimum Gasteiger partial charge on any atom is -0.376 e. The van der Waals surface area contributed by atoms with Crippen LogP contribution in [0.15, 0.2) is 60.0 Å². The van der Waals surface area contributed by atoms with Gasteiger partial charge in [-0.25, -0.2) is 9.07 Å². The number of halogens is 1. The molecule has 0 unspecified atom stereocenters. The van der Waals surface area contributed by atoms with E-state index in [0.717, 1.165) is 23.3 Å². The Kier molecular flexibility index (Phi) is 7.06. The average molecular weight is 508 g/mol. The predicted molar refractivity (Wildman–Crippen MR) is 135 cm³/mol. The molecule has 36 heavy (non-hydrogen) atoms. The number of nitrogens with one attached hydrogen (secondary N) is 1. The van der Waals surface area contributed by atoms with Gasteiger partial charge in [0, 0.05) is 23.7 Å². The summed E-state index contributed by atoms with van der Waals surface area (Å²) in [5, 5.41) is 13.2. The van der Waals surface area contributed by atoms with Crippen LogP contribution in [0.4, 0.5) is 10.1 Å². The largest absolute Gasteiger partial charge is 0.376 e. The van der Waals surface area contributed by atoms with Gasteiger partial charge in [-0.05, 0) is 73.2 Å². The Bertz CT molecular complexity index is 1360. The zero-order valence-electron chi connectivity index (χ0n) is 19.8. The molecule has 0 radical (unpaired) electrons. The van der Waals surface area contributed by atoms with Crippen LogP contribution >= 0.6 is 11.3 Å². The molecule has 10 heteroatoms. The third-order valence-corrected chi connectivity index (χ3v) is 7.33. The molecule has 186 valence electrons. The summed E-state index contributed by atoms with van der Waals surface area (Å²) >= 11 is 1.40. The maximum Gasteiger partial charge on any atom is 0.249 e. The van der Waals surface area contributed by atoms with Crippen molar-refractivity contribution < 1.29 is 18.7 Å². The molecule has 0 aliphatic carbocycles. The van der Waals surface area contributed by atoms with Gasteiger partial charge in [0.25, 0.3) is 0 Å². The van der Waals surface area contributed by atoms with Crippen LogP contribution in [0.5, 0.6) is 0 Å². The van der Waals surface area contributed by atoms with Gasteiger partial charge in [0.15, 0.2) is 0 Å². The van der Waals surface area contributed by atoms with Crippen LogP contribution in [0.2, 0.25) is 0 Å². The van der Waals surface area contributed by atoms with Crippen molar-refractivity contribution in [2.75, 3.05) is 18.1 Å². The normalized spacial score (nSPS) is 16.2. The van der Waals surface area contributed by atoms with Crippen LogP contribution < -0.4 is 10.2 Å². The molecule has 1 saturated heterocycles. The van der Waals surface area contributed by atoms with E-state index in [4.69, 9.17) is 4.74 Å². The van der Waals surface area contributed by atoms with E-state index in [-0.39, 0.29) is 24.5 Å². The van der Waals surface area contributed by atoms with E-state index in [1.165, 1.54) is 45.2 Å². The van der Waals surface area contributed by atoms with E-state index < -0.39 is 11.9 Å². The van der Waals surface area contributed by atoms with Crippen molar-refractivity contribution in [2.24, 2.45) is 0 Å². The van der Waals surface area contributed by atoms with E-state index in [1.54, 1.807) is 0 Å². The van der Waals surface area contributed by atoms with Gasteiger partial charge < -0.3 is 10.1 Å². The molecule has 2 amide bonds. The third-order valence-electron chi connectivity index (χ3n) is 6.26. The number of para-hydroxylation sites is 1. The number of aryl methyl sites for hydroxylation is 1. The number of carbonyl (C=O) groups excluding carboxylic acids is 2. The Hall–Kier alpha value is -3.63. The highest BCUT2D eigenvalue weighted by Crippen LogP contribution is 2.34. The van der Waals surface area contributed by atoms with E-state index >= 15 is 0 Å². The second-order valence-corrected chi connectivity index (χ2v) is 9.67. The first-order valence-corrected chi connectivity index (χ1v) is 12.7. The van der Waals surface area contributed by atoms with Gasteiger partial charge in [-0.3, -0.25) is 14.5 Å². The highest BCUT2D eigenvalue weighted by molar-refractivity contribution is 7.10. The van der Waals surface area contributed by atoms with Crippen molar-refractivity contribution in [2.45, 2.75) is 38.5 Å².